The molecule has 0 saturated heterocycles. The monoisotopic (exact) mass is 368 g/mol. The summed E-state index contributed by atoms with van der Waals surface area (Å²) in [7, 11) is 1.54. The van der Waals surface area contributed by atoms with E-state index in [2.05, 4.69) is 43.4 Å². The van der Waals surface area contributed by atoms with Gasteiger partial charge in [-0.05, 0) is 28.5 Å². The van der Waals surface area contributed by atoms with Crippen LogP contribution < -0.4 is 11.1 Å². The third-order valence-corrected chi connectivity index (χ3v) is 4.67. The molecule has 2 aromatic rings. The predicted molar refractivity (Wildman–Crippen MR) is 102 cm³/mol. The second-order valence-electron chi connectivity index (χ2n) is 5.84. The van der Waals surface area contributed by atoms with Crippen molar-refractivity contribution in [1.82, 2.24) is 5.32 Å². The summed E-state index contributed by atoms with van der Waals surface area (Å²) >= 11 is 1.62. The molecule has 2 atom stereocenters. The van der Waals surface area contributed by atoms with E-state index in [0.29, 0.717) is 5.92 Å². The van der Waals surface area contributed by atoms with Crippen LogP contribution in [-0.4, -0.2) is 25.7 Å². The second-order valence-corrected chi connectivity index (χ2v) is 6.82. The lowest BCUT2D eigenvalue weighted by Gasteiger charge is -2.21. The van der Waals surface area contributed by atoms with E-state index in [-0.39, 0.29) is 31.0 Å². The number of nitrogens with two attached hydrogens (primary N) is 1. The van der Waals surface area contributed by atoms with Gasteiger partial charge in [-0.2, -0.15) is 0 Å². The fourth-order valence-electron chi connectivity index (χ4n) is 2.35. The van der Waals surface area contributed by atoms with Crippen LogP contribution in [0.1, 0.15) is 41.8 Å². The summed E-state index contributed by atoms with van der Waals surface area (Å²) in [5.41, 5.74) is 8.17. The lowest BCUT2D eigenvalue weighted by molar-refractivity contribution is -0.123. The number of hydrogen-bond donors (Lipinski definition) is 2. The summed E-state index contributed by atoms with van der Waals surface area (Å²) in [5, 5.41) is 5.04. The lowest BCUT2D eigenvalue weighted by atomic mass is 9.98. The Labute approximate surface area is 153 Å². The van der Waals surface area contributed by atoms with E-state index in [1.165, 1.54) is 12.7 Å². The first-order valence-electron chi connectivity index (χ1n) is 7.71. The Morgan fingerprint density at radius 3 is 2.33 bits per heavy atom. The van der Waals surface area contributed by atoms with Crippen LogP contribution in [0.3, 0.4) is 0 Å². The van der Waals surface area contributed by atoms with Crippen molar-refractivity contribution in [2.75, 3.05) is 13.7 Å². The van der Waals surface area contributed by atoms with Gasteiger partial charge in [0.1, 0.15) is 6.04 Å². The van der Waals surface area contributed by atoms with Crippen molar-refractivity contribution in [3.63, 3.8) is 0 Å². The minimum absolute atomic E-state index is 0. The molecular formula is C18H25ClN2O2S. The van der Waals surface area contributed by atoms with E-state index in [9.17, 15) is 4.79 Å². The molecule has 0 bridgehead atoms. The molecule has 0 radical (unpaired) electrons. The zero-order valence-corrected chi connectivity index (χ0v) is 15.8. The van der Waals surface area contributed by atoms with Gasteiger partial charge in [0, 0.05) is 12.0 Å². The van der Waals surface area contributed by atoms with Gasteiger partial charge >= 0.3 is 0 Å². The molecule has 2 rings (SSSR count). The Morgan fingerprint density at radius 2 is 1.83 bits per heavy atom. The average Bonchev–Trinajstić information content (AvgIpc) is 3.06. The van der Waals surface area contributed by atoms with Crippen molar-refractivity contribution in [2.45, 2.75) is 31.8 Å². The Balaban J connectivity index is 0.00000288. The van der Waals surface area contributed by atoms with Crippen molar-refractivity contribution in [2.24, 2.45) is 5.73 Å². The molecule has 6 heteroatoms. The third kappa shape index (κ3) is 5.31. The van der Waals surface area contributed by atoms with Gasteiger partial charge in [0.05, 0.1) is 12.6 Å². The summed E-state index contributed by atoms with van der Waals surface area (Å²) in [5.74, 6) is 0.271. The van der Waals surface area contributed by atoms with Crippen LogP contribution in [0.2, 0.25) is 0 Å². The van der Waals surface area contributed by atoms with E-state index in [4.69, 9.17) is 10.5 Å². The van der Waals surface area contributed by atoms with Crippen LogP contribution in [-0.2, 0) is 9.53 Å². The number of rotatable bonds is 7. The second kappa shape index (κ2) is 9.79. The SMILES string of the molecule is COCC(N)C(=O)NC(c1ccc(C(C)C)cc1)c1cccs1.Cl. The molecule has 2 unspecified atom stereocenters. The minimum Gasteiger partial charge on any atom is -0.383 e. The molecule has 4 nitrogen and oxygen atoms in total. The Kier molecular flexibility index (Phi) is 8.42. The molecule has 1 aromatic carbocycles. The van der Waals surface area contributed by atoms with Crippen molar-refractivity contribution < 1.29 is 9.53 Å². The Morgan fingerprint density at radius 1 is 1.21 bits per heavy atom. The number of nitrogens with one attached hydrogen (secondary N) is 1. The molecule has 1 heterocycles. The summed E-state index contributed by atoms with van der Waals surface area (Å²) < 4.78 is 4.96. The van der Waals surface area contributed by atoms with Gasteiger partial charge in [0.2, 0.25) is 5.91 Å². The van der Waals surface area contributed by atoms with Crippen LogP contribution in [0.25, 0.3) is 0 Å². The first kappa shape index (κ1) is 20.6. The Hall–Kier alpha value is -1.40. The first-order valence-corrected chi connectivity index (χ1v) is 8.59. The highest BCUT2D eigenvalue weighted by atomic mass is 35.5. The number of benzene rings is 1. The van der Waals surface area contributed by atoms with E-state index in [1.54, 1.807) is 11.3 Å². The number of carbonyl (C=O) groups is 1. The summed E-state index contributed by atoms with van der Waals surface area (Å²) in [6.45, 7) is 4.53. The number of carbonyl (C=O) groups excluding carboxylic acids is 1. The number of methoxy groups -OCH3 is 1. The van der Waals surface area contributed by atoms with Crippen molar-refractivity contribution >= 4 is 29.7 Å². The molecular weight excluding hydrogens is 344 g/mol. The minimum atomic E-state index is -0.669. The van der Waals surface area contributed by atoms with Gasteiger partial charge in [-0.25, -0.2) is 0 Å². The standard InChI is InChI=1S/C18H24N2O2S.ClH/c1-12(2)13-6-8-14(9-7-13)17(16-5-4-10-23-16)20-18(21)15(19)11-22-3;/h4-10,12,15,17H,11,19H2,1-3H3,(H,20,21);1H. The van der Waals surface area contributed by atoms with Crippen LogP contribution in [0.4, 0.5) is 0 Å². The van der Waals surface area contributed by atoms with Crippen LogP contribution in [0.5, 0.6) is 0 Å². The number of amides is 1. The molecule has 3 N–H and O–H groups in total. The number of hydrogen-bond acceptors (Lipinski definition) is 4. The molecule has 24 heavy (non-hydrogen) atoms. The van der Waals surface area contributed by atoms with Gasteiger partial charge in [-0.1, -0.05) is 44.2 Å². The zero-order chi connectivity index (χ0) is 16.8. The van der Waals surface area contributed by atoms with E-state index < -0.39 is 6.04 Å². The number of halogens is 1. The largest absolute Gasteiger partial charge is 0.383 e. The molecule has 1 aromatic heterocycles. The highest BCUT2D eigenvalue weighted by Crippen LogP contribution is 2.27. The first-order chi connectivity index (χ1) is 11.0. The maximum absolute atomic E-state index is 12.3. The van der Waals surface area contributed by atoms with Crippen molar-refractivity contribution in [1.29, 1.82) is 0 Å². The molecule has 132 valence electrons. The van der Waals surface area contributed by atoms with Crippen LogP contribution >= 0.6 is 23.7 Å². The molecule has 0 saturated carbocycles. The molecule has 1 amide bonds. The van der Waals surface area contributed by atoms with Gasteiger partial charge in [0.15, 0.2) is 0 Å². The van der Waals surface area contributed by atoms with E-state index in [0.717, 1.165) is 10.4 Å². The lowest BCUT2D eigenvalue weighted by Crippen LogP contribution is -2.44. The molecule has 0 aliphatic rings. The topological polar surface area (TPSA) is 64.3 Å². The van der Waals surface area contributed by atoms with Crippen LogP contribution in [0, 0.1) is 0 Å². The van der Waals surface area contributed by atoms with Crippen molar-refractivity contribution in [3.8, 4) is 0 Å². The van der Waals surface area contributed by atoms with E-state index in [1.807, 2.05) is 17.5 Å². The predicted octanol–water partition coefficient (Wildman–Crippen LogP) is 3.47. The maximum Gasteiger partial charge on any atom is 0.240 e. The van der Waals surface area contributed by atoms with Gasteiger partial charge in [-0.15, -0.1) is 23.7 Å². The zero-order valence-electron chi connectivity index (χ0n) is 14.2. The molecule has 0 aliphatic carbocycles. The third-order valence-electron chi connectivity index (χ3n) is 3.73. The maximum atomic E-state index is 12.3. The molecule has 0 aliphatic heterocycles. The van der Waals surface area contributed by atoms with Gasteiger partial charge in [-0.3, -0.25) is 4.79 Å². The highest BCUT2D eigenvalue weighted by Gasteiger charge is 2.21. The van der Waals surface area contributed by atoms with Crippen LogP contribution in [0.15, 0.2) is 41.8 Å². The van der Waals surface area contributed by atoms with E-state index >= 15 is 0 Å². The van der Waals surface area contributed by atoms with Gasteiger partial charge in [0.25, 0.3) is 0 Å². The summed E-state index contributed by atoms with van der Waals surface area (Å²) in [6, 6.07) is 11.5. The molecule has 0 spiro atoms. The van der Waals surface area contributed by atoms with Crippen molar-refractivity contribution in [3.05, 3.63) is 57.8 Å². The fourth-order valence-corrected chi connectivity index (χ4v) is 3.15. The number of ether oxygens (including phenoxy) is 1. The Bertz CT molecular complexity index is 614. The smallest absolute Gasteiger partial charge is 0.240 e. The quantitative estimate of drug-likeness (QED) is 0.786. The number of thiophene rings is 1. The molecule has 0 fully saturated rings. The average molecular weight is 369 g/mol. The van der Waals surface area contributed by atoms with Gasteiger partial charge < -0.3 is 15.8 Å². The highest BCUT2D eigenvalue weighted by molar-refractivity contribution is 7.10. The normalized spacial score (nSPS) is 13.2. The summed E-state index contributed by atoms with van der Waals surface area (Å²) in [4.78, 5) is 13.4. The fraction of sp³-hybridized carbons (Fsp3) is 0.389. The summed E-state index contributed by atoms with van der Waals surface area (Å²) in [6.07, 6.45) is 0.